The normalized spacial score (nSPS) is 10.7. The van der Waals surface area contributed by atoms with E-state index in [0.717, 1.165) is 11.3 Å². The van der Waals surface area contributed by atoms with Gasteiger partial charge in [0.15, 0.2) is 0 Å². The van der Waals surface area contributed by atoms with Crippen LogP contribution in [-0.4, -0.2) is 18.8 Å². The molecule has 0 saturated carbocycles. The van der Waals surface area contributed by atoms with Crippen molar-refractivity contribution in [2.24, 2.45) is 0 Å². The number of aliphatic hydroxyl groups is 1. The van der Waals surface area contributed by atoms with Crippen molar-refractivity contribution in [3.8, 4) is 5.75 Å². The zero-order valence-electron chi connectivity index (χ0n) is 7.33. The fourth-order valence-electron chi connectivity index (χ4n) is 0.950. The summed E-state index contributed by atoms with van der Waals surface area (Å²) in [5, 5.41) is 9.18. The van der Waals surface area contributed by atoms with Crippen molar-refractivity contribution in [2.75, 3.05) is 13.7 Å². The molecule has 70 valence electrons. The van der Waals surface area contributed by atoms with Gasteiger partial charge in [-0.05, 0) is 23.8 Å². The number of rotatable bonds is 3. The van der Waals surface area contributed by atoms with E-state index in [0.29, 0.717) is 5.02 Å². The first-order valence-electron chi connectivity index (χ1n) is 3.89. The first-order chi connectivity index (χ1) is 6.27. The van der Waals surface area contributed by atoms with Gasteiger partial charge in [0.2, 0.25) is 0 Å². The number of benzene rings is 1. The molecule has 0 aliphatic heterocycles. The van der Waals surface area contributed by atoms with Crippen LogP contribution in [0.4, 0.5) is 0 Å². The minimum Gasteiger partial charge on any atom is -0.497 e. The van der Waals surface area contributed by atoms with E-state index < -0.39 is 0 Å². The van der Waals surface area contributed by atoms with Gasteiger partial charge in [-0.15, -0.1) is 0 Å². The summed E-state index contributed by atoms with van der Waals surface area (Å²) in [6.07, 6.45) is 3.40. The van der Waals surface area contributed by atoms with E-state index in [4.69, 9.17) is 21.4 Å². The van der Waals surface area contributed by atoms with Crippen LogP contribution in [0.2, 0.25) is 5.02 Å². The van der Waals surface area contributed by atoms with E-state index in [2.05, 4.69) is 0 Å². The molecule has 1 aromatic carbocycles. The molecular weight excluding hydrogens is 188 g/mol. The van der Waals surface area contributed by atoms with Gasteiger partial charge in [-0.1, -0.05) is 23.8 Å². The highest BCUT2D eigenvalue weighted by Crippen LogP contribution is 2.23. The summed E-state index contributed by atoms with van der Waals surface area (Å²) in [5.74, 6) is 0.728. The highest BCUT2D eigenvalue weighted by molar-refractivity contribution is 6.32. The molecule has 1 aromatic rings. The summed E-state index contributed by atoms with van der Waals surface area (Å²) in [6, 6.07) is 5.40. The van der Waals surface area contributed by atoms with Gasteiger partial charge in [-0.2, -0.15) is 0 Å². The van der Waals surface area contributed by atoms with E-state index in [1.165, 1.54) is 0 Å². The topological polar surface area (TPSA) is 29.5 Å². The zero-order chi connectivity index (χ0) is 9.68. The molecule has 3 heteroatoms. The third kappa shape index (κ3) is 2.76. The second kappa shape index (κ2) is 4.90. The lowest BCUT2D eigenvalue weighted by molar-refractivity contribution is 0.343. The number of halogens is 1. The number of hydrogen-bond donors (Lipinski definition) is 1. The van der Waals surface area contributed by atoms with Crippen LogP contribution in [0, 0.1) is 0 Å². The van der Waals surface area contributed by atoms with Crippen molar-refractivity contribution in [2.45, 2.75) is 0 Å². The summed E-state index contributed by atoms with van der Waals surface area (Å²) in [4.78, 5) is 0. The van der Waals surface area contributed by atoms with Crippen LogP contribution in [0.3, 0.4) is 0 Å². The summed E-state index contributed by atoms with van der Waals surface area (Å²) in [5.41, 5.74) is 0.872. The van der Waals surface area contributed by atoms with E-state index >= 15 is 0 Å². The highest BCUT2D eigenvalue weighted by Gasteiger charge is 1.97. The molecule has 0 aromatic heterocycles. The summed E-state index contributed by atoms with van der Waals surface area (Å²) >= 11 is 5.93. The number of ether oxygens (including phenoxy) is 1. The maximum atomic E-state index is 8.56. The fourth-order valence-corrected chi connectivity index (χ4v) is 1.18. The first-order valence-corrected chi connectivity index (χ1v) is 4.26. The SMILES string of the molecule is COc1ccc(C=CCO)c(Cl)c1. The highest BCUT2D eigenvalue weighted by atomic mass is 35.5. The molecular formula is C10H11ClO2. The van der Waals surface area contributed by atoms with Crippen molar-refractivity contribution < 1.29 is 9.84 Å². The van der Waals surface area contributed by atoms with Crippen molar-refractivity contribution in [1.29, 1.82) is 0 Å². The zero-order valence-corrected chi connectivity index (χ0v) is 8.08. The van der Waals surface area contributed by atoms with Crippen molar-refractivity contribution in [3.63, 3.8) is 0 Å². The molecule has 0 amide bonds. The molecule has 0 spiro atoms. The summed E-state index contributed by atoms with van der Waals surface area (Å²) in [7, 11) is 1.59. The van der Waals surface area contributed by atoms with Gasteiger partial charge in [-0.25, -0.2) is 0 Å². The molecule has 0 bridgehead atoms. The van der Waals surface area contributed by atoms with E-state index in [1.807, 2.05) is 12.1 Å². The Kier molecular flexibility index (Phi) is 3.80. The Labute approximate surface area is 82.4 Å². The van der Waals surface area contributed by atoms with Crippen LogP contribution in [0.15, 0.2) is 24.3 Å². The van der Waals surface area contributed by atoms with Crippen LogP contribution in [-0.2, 0) is 0 Å². The van der Waals surface area contributed by atoms with E-state index in [9.17, 15) is 0 Å². The molecule has 0 heterocycles. The quantitative estimate of drug-likeness (QED) is 0.808. The molecule has 0 radical (unpaired) electrons. The van der Waals surface area contributed by atoms with Crippen molar-refractivity contribution in [1.82, 2.24) is 0 Å². The second-order valence-electron chi connectivity index (χ2n) is 2.47. The summed E-state index contributed by atoms with van der Waals surface area (Å²) in [6.45, 7) is 0.0162. The van der Waals surface area contributed by atoms with Crippen LogP contribution < -0.4 is 4.74 Å². The number of aliphatic hydroxyl groups excluding tert-OH is 1. The predicted octanol–water partition coefficient (Wildman–Crippen LogP) is 2.35. The van der Waals surface area contributed by atoms with Gasteiger partial charge in [0.05, 0.1) is 18.7 Å². The lowest BCUT2D eigenvalue weighted by atomic mass is 10.2. The van der Waals surface area contributed by atoms with Crippen molar-refractivity contribution in [3.05, 3.63) is 34.9 Å². The average molecular weight is 199 g/mol. The van der Waals surface area contributed by atoms with E-state index in [-0.39, 0.29) is 6.61 Å². The Bertz CT molecular complexity index is 308. The van der Waals surface area contributed by atoms with E-state index in [1.54, 1.807) is 25.3 Å². The molecule has 1 rings (SSSR count). The first kappa shape index (κ1) is 10.1. The maximum absolute atomic E-state index is 8.56. The third-order valence-corrected chi connectivity index (χ3v) is 1.94. The molecule has 0 atom stereocenters. The molecule has 0 unspecified atom stereocenters. The predicted molar refractivity (Wildman–Crippen MR) is 54.1 cm³/mol. The second-order valence-corrected chi connectivity index (χ2v) is 2.88. The summed E-state index contributed by atoms with van der Waals surface area (Å²) < 4.78 is 5.00. The van der Waals surface area contributed by atoms with Gasteiger partial charge >= 0.3 is 0 Å². The van der Waals surface area contributed by atoms with Gasteiger partial charge in [0.25, 0.3) is 0 Å². The smallest absolute Gasteiger partial charge is 0.120 e. The Hall–Kier alpha value is -0.990. The van der Waals surface area contributed by atoms with Gasteiger partial charge < -0.3 is 9.84 Å². The average Bonchev–Trinajstić information content (AvgIpc) is 2.16. The molecule has 0 saturated heterocycles. The van der Waals surface area contributed by atoms with Crippen LogP contribution >= 0.6 is 11.6 Å². The Morgan fingerprint density at radius 1 is 1.54 bits per heavy atom. The molecule has 0 fully saturated rings. The number of methoxy groups -OCH3 is 1. The van der Waals surface area contributed by atoms with Crippen molar-refractivity contribution >= 4 is 17.7 Å². The molecule has 13 heavy (non-hydrogen) atoms. The minimum absolute atomic E-state index is 0.0162. The molecule has 0 aliphatic carbocycles. The van der Waals surface area contributed by atoms with Crippen LogP contribution in [0.5, 0.6) is 5.75 Å². The fraction of sp³-hybridized carbons (Fsp3) is 0.200. The maximum Gasteiger partial charge on any atom is 0.120 e. The lowest BCUT2D eigenvalue weighted by Gasteiger charge is -2.02. The third-order valence-electron chi connectivity index (χ3n) is 1.61. The van der Waals surface area contributed by atoms with Gasteiger partial charge in [-0.3, -0.25) is 0 Å². The Morgan fingerprint density at radius 3 is 2.85 bits per heavy atom. The largest absolute Gasteiger partial charge is 0.497 e. The monoisotopic (exact) mass is 198 g/mol. The molecule has 2 nitrogen and oxygen atoms in total. The van der Waals surface area contributed by atoms with Gasteiger partial charge in [0, 0.05) is 0 Å². The Morgan fingerprint density at radius 2 is 2.31 bits per heavy atom. The van der Waals surface area contributed by atoms with Crippen LogP contribution in [0.25, 0.3) is 6.08 Å². The molecule has 1 N–H and O–H groups in total. The standard InChI is InChI=1S/C10H11ClO2/c1-13-9-5-4-8(3-2-6-12)10(11)7-9/h2-5,7,12H,6H2,1H3. The van der Waals surface area contributed by atoms with Crippen LogP contribution in [0.1, 0.15) is 5.56 Å². The lowest BCUT2D eigenvalue weighted by Crippen LogP contribution is -1.83. The molecule has 0 aliphatic rings. The Balaban J connectivity index is 2.91. The minimum atomic E-state index is 0.0162. The number of hydrogen-bond acceptors (Lipinski definition) is 2. The van der Waals surface area contributed by atoms with Gasteiger partial charge in [0.1, 0.15) is 5.75 Å².